The molecule has 0 saturated heterocycles. The molecule has 1 aromatic heterocycles. The summed E-state index contributed by atoms with van der Waals surface area (Å²) in [4.78, 5) is 3.91. The van der Waals surface area contributed by atoms with Gasteiger partial charge in [0.15, 0.2) is 5.95 Å². The van der Waals surface area contributed by atoms with Crippen LogP contribution in [0.1, 0.15) is 5.56 Å². The van der Waals surface area contributed by atoms with Crippen molar-refractivity contribution in [2.24, 2.45) is 0 Å². The van der Waals surface area contributed by atoms with Gasteiger partial charge in [0.05, 0.1) is 11.0 Å². The number of rotatable bonds is 2. The molecule has 5 heteroatoms. The van der Waals surface area contributed by atoms with E-state index < -0.39 is 0 Å². The molecule has 1 aromatic carbocycles. The number of benzene rings is 1. The molecule has 2 aromatic rings. The summed E-state index contributed by atoms with van der Waals surface area (Å²) >= 11 is 3.14. The summed E-state index contributed by atoms with van der Waals surface area (Å²) in [6.45, 7) is 0.588. The predicted molar refractivity (Wildman–Crippen MR) is 59.8 cm³/mol. The lowest BCUT2D eigenvalue weighted by Crippen LogP contribution is -2.03. The molecule has 0 aliphatic heterocycles. The summed E-state index contributed by atoms with van der Waals surface area (Å²) in [5.41, 5.74) is 6.59. The Hall–Kier alpha value is -1.36. The number of hydrogen-bond acceptors (Lipinski definition) is 2. The smallest absolute Gasteiger partial charge is 0.200 e. The van der Waals surface area contributed by atoms with E-state index in [-0.39, 0.29) is 5.82 Å². The standard InChI is InChI=1S/C10H9BrFN3/c11-8-5-7(1-2-9(8)12)6-15-4-3-14-10(15)13/h1-5H,6H2,(H2,13,14). The number of aromatic nitrogens is 2. The lowest BCUT2D eigenvalue weighted by atomic mass is 10.2. The van der Waals surface area contributed by atoms with Crippen LogP contribution in [0, 0.1) is 5.82 Å². The third kappa shape index (κ3) is 2.18. The fourth-order valence-corrected chi connectivity index (χ4v) is 1.74. The molecule has 1 heterocycles. The molecule has 78 valence electrons. The van der Waals surface area contributed by atoms with Crippen molar-refractivity contribution in [1.82, 2.24) is 9.55 Å². The summed E-state index contributed by atoms with van der Waals surface area (Å²) in [6, 6.07) is 4.88. The van der Waals surface area contributed by atoms with E-state index in [1.54, 1.807) is 29.1 Å². The number of halogens is 2. The molecule has 0 spiro atoms. The van der Waals surface area contributed by atoms with Crippen LogP contribution in [0.2, 0.25) is 0 Å². The molecule has 2 N–H and O–H groups in total. The van der Waals surface area contributed by atoms with E-state index in [2.05, 4.69) is 20.9 Å². The van der Waals surface area contributed by atoms with E-state index in [1.165, 1.54) is 6.07 Å². The van der Waals surface area contributed by atoms with E-state index >= 15 is 0 Å². The quantitative estimate of drug-likeness (QED) is 0.910. The fourth-order valence-electron chi connectivity index (χ4n) is 1.31. The highest BCUT2D eigenvalue weighted by Crippen LogP contribution is 2.18. The molecule has 0 fully saturated rings. The molecule has 0 saturated carbocycles. The second kappa shape index (κ2) is 4.02. The lowest BCUT2D eigenvalue weighted by Gasteiger charge is -2.05. The number of hydrogen-bond donors (Lipinski definition) is 1. The highest BCUT2D eigenvalue weighted by atomic mass is 79.9. The Morgan fingerprint density at radius 2 is 2.27 bits per heavy atom. The lowest BCUT2D eigenvalue weighted by molar-refractivity contribution is 0.619. The number of anilines is 1. The Bertz CT molecular complexity index is 481. The maximum atomic E-state index is 13.0. The Morgan fingerprint density at radius 1 is 1.47 bits per heavy atom. The molecule has 0 bridgehead atoms. The molecular weight excluding hydrogens is 261 g/mol. The van der Waals surface area contributed by atoms with Crippen molar-refractivity contribution in [2.75, 3.05) is 5.73 Å². The van der Waals surface area contributed by atoms with E-state index in [4.69, 9.17) is 5.73 Å². The molecule has 0 amide bonds. The SMILES string of the molecule is Nc1nccn1Cc1ccc(F)c(Br)c1. The zero-order valence-electron chi connectivity index (χ0n) is 7.82. The van der Waals surface area contributed by atoms with Crippen LogP contribution in [0.5, 0.6) is 0 Å². The highest BCUT2D eigenvalue weighted by Gasteiger charge is 2.02. The first-order chi connectivity index (χ1) is 7.16. The highest BCUT2D eigenvalue weighted by molar-refractivity contribution is 9.10. The molecule has 15 heavy (non-hydrogen) atoms. The second-order valence-electron chi connectivity index (χ2n) is 3.16. The van der Waals surface area contributed by atoms with Crippen molar-refractivity contribution in [3.63, 3.8) is 0 Å². The second-order valence-corrected chi connectivity index (χ2v) is 4.02. The molecular formula is C10H9BrFN3. The van der Waals surface area contributed by atoms with E-state index in [0.717, 1.165) is 5.56 Å². The van der Waals surface area contributed by atoms with Gasteiger partial charge in [0, 0.05) is 12.4 Å². The molecule has 0 unspecified atom stereocenters. The Labute approximate surface area is 94.9 Å². The van der Waals surface area contributed by atoms with Crippen molar-refractivity contribution in [3.05, 3.63) is 46.4 Å². The average molecular weight is 270 g/mol. The van der Waals surface area contributed by atoms with Crippen molar-refractivity contribution in [3.8, 4) is 0 Å². The first-order valence-electron chi connectivity index (χ1n) is 4.37. The van der Waals surface area contributed by atoms with Gasteiger partial charge in [-0.15, -0.1) is 0 Å². The normalized spacial score (nSPS) is 10.5. The Kier molecular flexibility index (Phi) is 2.73. The maximum Gasteiger partial charge on any atom is 0.200 e. The van der Waals surface area contributed by atoms with Crippen LogP contribution in [0.3, 0.4) is 0 Å². The van der Waals surface area contributed by atoms with Gasteiger partial charge in [-0.1, -0.05) is 6.07 Å². The molecule has 0 radical (unpaired) electrons. The van der Waals surface area contributed by atoms with E-state index in [0.29, 0.717) is 17.0 Å². The minimum atomic E-state index is -0.266. The zero-order chi connectivity index (χ0) is 10.8. The Morgan fingerprint density at radius 3 is 2.87 bits per heavy atom. The third-order valence-electron chi connectivity index (χ3n) is 2.08. The topological polar surface area (TPSA) is 43.8 Å². The van der Waals surface area contributed by atoms with Gasteiger partial charge in [-0.3, -0.25) is 0 Å². The van der Waals surface area contributed by atoms with E-state index in [1.807, 2.05) is 0 Å². The van der Waals surface area contributed by atoms with Gasteiger partial charge >= 0.3 is 0 Å². The predicted octanol–water partition coefficient (Wildman–Crippen LogP) is 2.42. The van der Waals surface area contributed by atoms with Crippen LogP contribution >= 0.6 is 15.9 Å². The molecule has 0 aliphatic carbocycles. The van der Waals surface area contributed by atoms with Gasteiger partial charge < -0.3 is 10.3 Å². The van der Waals surface area contributed by atoms with Crippen molar-refractivity contribution in [2.45, 2.75) is 6.54 Å². The van der Waals surface area contributed by atoms with Crippen LogP contribution in [0.15, 0.2) is 35.1 Å². The van der Waals surface area contributed by atoms with Gasteiger partial charge in [0.25, 0.3) is 0 Å². The third-order valence-corrected chi connectivity index (χ3v) is 2.69. The number of nitrogens with zero attached hydrogens (tertiary/aromatic N) is 2. The van der Waals surface area contributed by atoms with Gasteiger partial charge in [0.2, 0.25) is 0 Å². The van der Waals surface area contributed by atoms with Crippen molar-refractivity contribution in [1.29, 1.82) is 0 Å². The van der Waals surface area contributed by atoms with E-state index in [9.17, 15) is 4.39 Å². The number of nitrogens with two attached hydrogens (primary N) is 1. The van der Waals surface area contributed by atoms with Crippen molar-refractivity contribution < 1.29 is 4.39 Å². The minimum Gasteiger partial charge on any atom is -0.369 e. The number of nitrogen functional groups attached to an aromatic ring is 1. The van der Waals surface area contributed by atoms with Gasteiger partial charge in [-0.05, 0) is 33.6 Å². The summed E-state index contributed by atoms with van der Waals surface area (Å²) in [5, 5.41) is 0. The summed E-state index contributed by atoms with van der Waals surface area (Å²) in [5.74, 6) is 0.188. The number of imidazole rings is 1. The van der Waals surface area contributed by atoms with Gasteiger partial charge in [-0.2, -0.15) is 0 Å². The summed E-state index contributed by atoms with van der Waals surface area (Å²) in [7, 11) is 0. The van der Waals surface area contributed by atoms with Crippen molar-refractivity contribution >= 4 is 21.9 Å². The summed E-state index contributed by atoms with van der Waals surface area (Å²) in [6.07, 6.45) is 3.42. The largest absolute Gasteiger partial charge is 0.369 e. The van der Waals surface area contributed by atoms with Crippen LogP contribution in [0.4, 0.5) is 10.3 Å². The fraction of sp³-hybridized carbons (Fsp3) is 0.100. The summed E-state index contributed by atoms with van der Waals surface area (Å²) < 4.78 is 15.2. The maximum absolute atomic E-state index is 13.0. The van der Waals surface area contributed by atoms with Crippen LogP contribution < -0.4 is 5.73 Å². The minimum absolute atomic E-state index is 0.266. The van der Waals surface area contributed by atoms with Gasteiger partial charge in [0.1, 0.15) is 5.82 Å². The molecule has 0 aliphatic rings. The first-order valence-corrected chi connectivity index (χ1v) is 5.16. The van der Waals surface area contributed by atoms with Gasteiger partial charge in [-0.25, -0.2) is 9.37 Å². The monoisotopic (exact) mass is 269 g/mol. The molecule has 3 nitrogen and oxygen atoms in total. The zero-order valence-corrected chi connectivity index (χ0v) is 9.41. The Balaban J connectivity index is 2.25. The molecule has 0 atom stereocenters. The first kappa shape index (κ1) is 10.2. The van der Waals surface area contributed by atoms with Crippen LogP contribution in [0.25, 0.3) is 0 Å². The van der Waals surface area contributed by atoms with Crippen LogP contribution in [-0.2, 0) is 6.54 Å². The average Bonchev–Trinajstić information content (AvgIpc) is 2.59. The molecule has 2 rings (SSSR count). The van der Waals surface area contributed by atoms with Crippen LogP contribution in [-0.4, -0.2) is 9.55 Å².